The quantitative estimate of drug-likeness (QED) is 0.677. The van der Waals surface area contributed by atoms with E-state index in [0.29, 0.717) is 19.1 Å². The lowest BCUT2D eigenvalue weighted by molar-refractivity contribution is -0.130. The Kier molecular flexibility index (Phi) is 4.11. The van der Waals surface area contributed by atoms with Crippen molar-refractivity contribution in [2.45, 2.75) is 32.7 Å². The molecule has 1 rings (SSSR count). The van der Waals surface area contributed by atoms with Crippen molar-refractivity contribution in [3.8, 4) is 0 Å². The summed E-state index contributed by atoms with van der Waals surface area (Å²) in [5.41, 5.74) is 5.07. The van der Waals surface area contributed by atoms with Gasteiger partial charge in [-0.15, -0.1) is 0 Å². The molecular weight excluding hydrogens is 192 g/mol. The maximum atomic E-state index is 11.9. The number of nitrogens with two attached hydrogens (primary N) is 1. The van der Waals surface area contributed by atoms with Gasteiger partial charge in [-0.1, -0.05) is 0 Å². The van der Waals surface area contributed by atoms with Gasteiger partial charge < -0.3 is 15.8 Å². The van der Waals surface area contributed by atoms with Gasteiger partial charge in [0.1, 0.15) is 0 Å². The lowest BCUT2D eigenvalue weighted by Crippen LogP contribution is -2.48. The number of rotatable bonds is 6. The molecule has 0 heterocycles. The van der Waals surface area contributed by atoms with Crippen molar-refractivity contribution in [1.29, 1.82) is 0 Å². The molecule has 0 aromatic rings. The Hall–Kier alpha value is -0.610. The minimum Gasteiger partial charge on any atom is -0.383 e. The molecular formula is C11H22N2O2. The molecule has 3 N–H and O–H groups in total. The molecule has 88 valence electrons. The Morgan fingerprint density at radius 3 is 2.60 bits per heavy atom. The summed E-state index contributed by atoms with van der Waals surface area (Å²) in [6.45, 7) is 4.68. The zero-order chi connectivity index (χ0) is 11.5. The normalized spacial score (nSPS) is 18.7. The fourth-order valence-corrected chi connectivity index (χ4v) is 1.43. The van der Waals surface area contributed by atoms with Crippen LogP contribution in [0.1, 0.15) is 26.7 Å². The summed E-state index contributed by atoms with van der Waals surface area (Å²) in [6, 6.07) is 0.160. The summed E-state index contributed by atoms with van der Waals surface area (Å²) in [5.74, 6) is 0.626. The number of carbonyl (C=O) groups is 1. The largest absolute Gasteiger partial charge is 0.383 e. The molecule has 4 nitrogen and oxygen atoms in total. The highest BCUT2D eigenvalue weighted by Crippen LogP contribution is 2.33. The van der Waals surface area contributed by atoms with Crippen LogP contribution in [0.25, 0.3) is 0 Å². The zero-order valence-corrected chi connectivity index (χ0v) is 9.88. The maximum absolute atomic E-state index is 11.9. The molecule has 1 fully saturated rings. The van der Waals surface area contributed by atoms with Gasteiger partial charge in [0, 0.05) is 13.7 Å². The van der Waals surface area contributed by atoms with E-state index < -0.39 is 5.41 Å². The molecule has 1 unspecified atom stereocenters. The third kappa shape index (κ3) is 3.47. The Morgan fingerprint density at radius 1 is 1.60 bits per heavy atom. The van der Waals surface area contributed by atoms with Crippen LogP contribution in [0.4, 0.5) is 0 Å². The predicted molar refractivity (Wildman–Crippen MR) is 59.4 cm³/mol. The van der Waals surface area contributed by atoms with Gasteiger partial charge in [0.2, 0.25) is 5.91 Å². The number of methoxy groups -OCH3 is 1. The number of ether oxygens (including phenoxy) is 1. The fourth-order valence-electron chi connectivity index (χ4n) is 1.43. The molecule has 0 spiro atoms. The van der Waals surface area contributed by atoms with E-state index in [1.54, 1.807) is 7.11 Å². The molecule has 1 aliphatic carbocycles. The highest BCUT2D eigenvalue weighted by Gasteiger charge is 2.35. The highest BCUT2D eigenvalue weighted by atomic mass is 16.5. The van der Waals surface area contributed by atoms with Crippen LogP contribution < -0.4 is 11.1 Å². The number of hydrogen-bond acceptors (Lipinski definition) is 3. The Balaban J connectivity index is 2.46. The molecule has 0 aromatic carbocycles. The van der Waals surface area contributed by atoms with Gasteiger partial charge in [0.05, 0.1) is 18.1 Å². The molecule has 0 saturated heterocycles. The van der Waals surface area contributed by atoms with Gasteiger partial charge in [0.25, 0.3) is 0 Å². The van der Waals surface area contributed by atoms with E-state index in [1.807, 2.05) is 13.8 Å². The first kappa shape index (κ1) is 12.5. The smallest absolute Gasteiger partial charge is 0.227 e. The third-order valence-corrected chi connectivity index (χ3v) is 2.98. The van der Waals surface area contributed by atoms with E-state index in [-0.39, 0.29) is 11.9 Å². The lowest BCUT2D eigenvalue weighted by Gasteiger charge is -2.25. The molecule has 1 amide bonds. The van der Waals surface area contributed by atoms with E-state index in [0.717, 1.165) is 0 Å². The molecule has 0 aromatic heterocycles. The van der Waals surface area contributed by atoms with Crippen LogP contribution in [0.5, 0.6) is 0 Å². The van der Waals surface area contributed by atoms with Gasteiger partial charge in [0.15, 0.2) is 0 Å². The first-order valence-electron chi connectivity index (χ1n) is 5.51. The summed E-state index contributed by atoms with van der Waals surface area (Å²) < 4.78 is 5.11. The number of carbonyl (C=O) groups excluding carboxylic acids is 1. The summed E-state index contributed by atoms with van der Waals surface area (Å²) in [6.07, 6.45) is 2.38. The van der Waals surface area contributed by atoms with Crippen LogP contribution in [0.15, 0.2) is 0 Å². The average molecular weight is 214 g/mol. The summed E-state index contributed by atoms with van der Waals surface area (Å²) in [5, 5.41) is 3.03. The Morgan fingerprint density at radius 2 is 2.20 bits per heavy atom. The number of hydrogen-bond donors (Lipinski definition) is 2. The van der Waals surface area contributed by atoms with Crippen molar-refractivity contribution in [2.24, 2.45) is 17.1 Å². The van der Waals surface area contributed by atoms with Gasteiger partial charge in [-0.05, 0) is 32.6 Å². The van der Waals surface area contributed by atoms with Crippen molar-refractivity contribution >= 4 is 5.91 Å². The standard InChI is InChI=1S/C11H22N2O2/c1-11(2,7-12)10(14)13-9(6-15-3)8-4-5-8/h8-9H,4-7,12H2,1-3H3,(H,13,14). The van der Waals surface area contributed by atoms with Crippen LogP contribution in [0.2, 0.25) is 0 Å². The monoisotopic (exact) mass is 214 g/mol. The van der Waals surface area contributed by atoms with E-state index in [2.05, 4.69) is 5.32 Å². The zero-order valence-electron chi connectivity index (χ0n) is 9.88. The molecule has 1 saturated carbocycles. The van der Waals surface area contributed by atoms with Crippen molar-refractivity contribution in [1.82, 2.24) is 5.32 Å². The van der Waals surface area contributed by atoms with Crippen molar-refractivity contribution in [3.05, 3.63) is 0 Å². The fraction of sp³-hybridized carbons (Fsp3) is 0.909. The van der Waals surface area contributed by atoms with Gasteiger partial charge in [-0.25, -0.2) is 0 Å². The third-order valence-electron chi connectivity index (χ3n) is 2.98. The van der Waals surface area contributed by atoms with Crippen LogP contribution in [-0.4, -0.2) is 32.2 Å². The Bertz CT molecular complexity index is 225. The van der Waals surface area contributed by atoms with Gasteiger partial charge >= 0.3 is 0 Å². The summed E-state index contributed by atoms with van der Waals surface area (Å²) in [7, 11) is 1.66. The molecule has 0 radical (unpaired) electrons. The average Bonchev–Trinajstić information content (AvgIpc) is 3.00. The summed E-state index contributed by atoms with van der Waals surface area (Å²) >= 11 is 0. The molecule has 1 atom stereocenters. The highest BCUT2D eigenvalue weighted by molar-refractivity contribution is 5.82. The number of nitrogens with one attached hydrogen (secondary N) is 1. The van der Waals surface area contributed by atoms with Crippen LogP contribution in [0, 0.1) is 11.3 Å². The first-order valence-corrected chi connectivity index (χ1v) is 5.51. The second kappa shape index (κ2) is 4.94. The van der Waals surface area contributed by atoms with E-state index >= 15 is 0 Å². The summed E-state index contributed by atoms with van der Waals surface area (Å²) in [4.78, 5) is 11.9. The molecule has 4 heteroatoms. The minimum absolute atomic E-state index is 0.0268. The predicted octanol–water partition coefficient (Wildman–Crippen LogP) is 0.513. The van der Waals surface area contributed by atoms with E-state index in [9.17, 15) is 4.79 Å². The molecule has 0 bridgehead atoms. The van der Waals surface area contributed by atoms with Gasteiger partial charge in [-0.2, -0.15) is 0 Å². The first-order chi connectivity index (χ1) is 7.01. The van der Waals surface area contributed by atoms with Crippen molar-refractivity contribution in [2.75, 3.05) is 20.3 Å². The SMILES string of the molecule is COCC(NC(=O)C(C)(C)CN)C1CC1. The lowest BCUT2D eigenvalue weighted by atomic mass is 9.92. The molecule has 15 heavy (non-hydrogen) atoms. The van der Waals surface area contributed by atoms with Crippen LogP contribution in [-0.2, 0) is 9.53 Å². The van der Waals surface area contributed by atoms with Crippen LogP contribution >= 0.6 is 0 Å². The maximum Gasteiger partial charge on any atom is 0.227 e. The topological polar surface area (TPSA) is 64.3 Å². The Labute approximate surface area is 91.5 Å². The van der Waals surface area contributed by atoms with Crippen molar-refractivity contribution in [3.63, 3.8) is 0 Å². The van der Waals surface area contributed by atoms with Crippen LogP contribution in [0.3, 0.4) is 0 Å². The van der Waals surface area contributed by atoms with Gasteiger partial charge in [-0.3, -0.25) is 4.79 Å². The second-order valence-electron chi connectivity index (χ2n) is 4.96. The van der Waals surface area contributed by atoms with E-state index in [4.69, 9.17) is 10.5 Å². The second-order valence-corrected chi connectivity index (χ2v) is 4.96. The van der Waals surface area contributed by atoms with E-state index in [1.165, 1.54) is 12.8 Å². The van der Waals surface area contributed by atoms with Crippen molar-refractivity contribution < 1.29 is 9.53 Å². The number of amides is 1. The minimum atomic E-state index is -0.485. The molecule has 0 aliphatic heterocycles. The molecule has 1 aliphatic rings.